The van der Waals surface area contributed by atoms with E-state index in [1.165, 1.54) is 19.5 Å². The van der Waals surface area contributed by atoms with Crippen molar-refractivity contribution in [3.63, 3.8) is 0 Å². The predicted octanol–water partition coefficient (Wildman–Crippen LogP) is 0.647. The molecule has 82 valence electrons. The SMILES string of the molecule is COCC(N)C(=O)Nc1cnccc1Cl. The Morgan fingerprint density at radius 3 is 3.13 bits per heavy atom. The molecule has 0 aliphatic carbocycles. The summed E-state index contributed by atoms with van der Waals surface area (Å²) in [6.45, 7) is 0.156. The van der Waals surface area contributed by atoms with Crippen molar-refractivity contribution < 1.29 is 9.53 Å². The molecule has 0 fully saturated rings. The van der Waals surface area contributed by atoms with Gasteiger partial charge in [0.05, 0.1) is 23.5 Å². The number of pyridine rings is 1. The molecule has 3 N–H and O–H groups in total. The minimum Gasteiger partial charge on any atom is -0.383 e. The molecule has 0 saturated heterocycles. The van der Waals surface area contributed by atoms with Crippen molar-refractivity contribution >= 4 is 23.2 Å². The van der Waals surface area contributed by atoms with Crippen LogP contribution in [0.3, 0.4) is 0 Å². The maximum absolute atomic E-state index is 11.5. The van der Waals surface area contributed by atoms with E-state index in [4.69, 9.17) is 22.1 Å². The smallest absolute Gasteiger partial charge is 0.243 e. The van der Waals surface area contributed by atoms with Gasteiger partial charge in [0, 0.05) is 13.3 Å². The third-order valence-electron chi connectivity index (χ3n) is 1.71. The average Bonchev–Trinajstić information content (AvgIpc) is 2.21. The monoisotopic (exact) mass is 229 g/mol. The number of methoxy groups -OCH3 is 1. The van der Waals surface area contributed by atoms with E-state index in [0.29, 0.717) is 10.7 Å². The molecule has 0 bridgehead atoms. The largest absolute Gasteiger partial charge is 0.383 e. The molecule has 1 atom stereocenters. The van der Waals surface area contributed by atoms with E-state index in [9.17, 15) is 4.79 Å². The fourth-order valence-corrected chi connectivity index (χ4v) is 1.10. The lowest BCUT2D eigenvalue weighted by atomic mass is 10.3. The van der Waals surface area contributed by atoms with E-state index >= 15 is 0 Å². The van der Waals surface area contributed by atoms with Gasteiger partial charge in [0.1, 0.15) is 6.04 Å². The quantitative estimate of drug-likeness (QED) is 0.795. The standard InChI is InChI=1S/C9H12ClN3O2/c1-15-5-7(11)9(14)13-8-4-12-3-2-6(8)10/h2-4,7H,5,11H2,1H3,(H,13,14). The number of nitrogens with zero attached hydrogens (tertiary/aromatic N) is 1. The second-order valence-corrected chi connectivity index (χ2v) is 3.31. The van der Waals surface area contributed by atoms with Crippen LogP contribution in [0.15, 0.2) is 18.5 Å². The van der Waals surface area contributed by atoms with Gasteiger partial charge in [-0.15, -0.1) is 0 Å². The summed E-state index contributed by atoms with van der Waals surface area (Å²) in [4.78, 5) is 15.3. The van der Waals surface area contributed by atoms with Crippen LogP contribution in [-0.2, 0) is 9.53 Å². The normalized spacial score (nSPS) is 12.2. The Hall–Kier alpha value is -1.17. The van der Waals surface area contributed by atoms with Gasteiger partial charge in [-0.2, -0.15) is 0 Å². The van der Waals surface area contributed by atoms with Crippen LogP contribution < -0.4 is 11.1 Å². The molecule has 0 spiro atoms. The summed E-state index contributed by atoms with van der Waals surface area (Å²) in [5.74, 6) is -0.355. The van der Waals surface area contributed by atoms with E-state index in [0.717, 1.165) is 0 Å². The van der Waals surface area contributed by atoms with Gasteiger partial charge < -0.3 is 15.8 Å². The fourth-order valence-electron chi connectivity index (χ4n) is 0.950. The highest BCUT2D eigenvalue weighted by molar-refractivity contribution is 6.33. The Bertz CT molecular complexity index is 346. The molecule has 0 aliphatic rings. The van der Waals surface area contributed by atoms with Crippen LogP contribution in [-0.4, -0.2) is 30.6 Å². The number of rotatable bonds is 4. The second kappa shape index (κ2) is 5.65. The molecular formula is C9H12ClN3O2. The number of carbonyl (C=O) groups excluding carboxylic acids is 1. The lowest BCUT2D eigenvalue weighted by Crippen LogP contribution is -2.39. The Morgan fingerprint density at radius 2 is 2.53 bits per heavy atom. The van der Waals surface area contributed by atoms with Crippen LogP contribution in [0.2, 0.25) is 5.02 Å². The van der Waals surface area contributed by atoms with Crippen LogP contribution >= 0.6 is 11.6 Å². The van der Waals surface area contributed by atoms with Gasteiger partial charge in [-0.3, -0.25) is 9.78 Å². The lowest BCUT2D eigenvalue weighted by molar-refractivity contribution is -0.118. The first-order valence-electron chi connectivity index (χ1n) is 4.30. The number of hydrogen-bond donors (Lipinski definition) is 2. The highest BCUT2D eigenvalue weighted by Crippen LogP contribution is 2.18. The second-order valence-electron chi connectivity index (χ2n) is 2.91. The number of nitrogens with two attached hydrogens (primary N) is 1. The molecule has 1 amide bonds. The molecular weight excluding hydrogens is 218 g/mol. The van der Waals surface area contributed by atoms with Gasteiger partial charge in [0.25, 0.3) is 0 Å². The zero-order valence-corrected chi connectivity index (χ0v) is 8.99. The molecule has 1 aromatic heterocycles. The van der Waals surface area contributed by atoms with E-state index in [1.54, 1.807) is 6.07 Å². The molecule has 5 nitrogen and oxygen atoms in total. The maximum Gasteiger partial charge on any atom is 0.243 e. The fraction of sp³-hybridized carbons (Fsp3) is 0.333. The summed E-state index contributed by atoms with van der Waals surface area (Å²) in [5, 5.41) is 2.98. The summed E-state index contributed by atoms with van der Waals surface area (Å²) in [5.41, 5.74) is 5.97. The van der Waals surface area contributed by atoms with Crippen LogP contribution in [0.5, 0.6) is 0 Å². The molecule has 1 aromatic rings. The molecule has 1 unspecified atom stereocenters. The van der Waals surface area contributed by atoms with E-state index < -0.39 is 6.04 Å². The van der Waals surface area contributed by atoms with Crippen molar-refractivity contribution in [1.82, 2.24) is 4.98 Å². The third kappa shape index (κ3) is 3.47. The number of amides is 1. The Morgan fingerprint density at radius 1 is 1.80 bits per heavy atom. The summed E-state index contributed by atoms with van der Waals surface area (Å²) in [6, 6.07) is 0.866. The summed E-state index contributed by atoms with van der Waals surface area (Å²) >= 11 is 5.82. The van der Waals surface area contributed by atoms with Gasteiger partial charge >= 0.3 is 0 Å². The lowest BCUT2D eigenvalue weighted by Gasteiger charge is -2.11. The minimum absolute atomic E-state index is 0.156. The maximum atomic E-state index is 11.5. The number of anilines is 1. The first-order valence-corrected chi connectivity index (χ1v) is 4.68. The predicted molar refractivity (Wildman–Crippen MR) is 57.7 cm³/mol. The number of ether oxygens (including phenoxy) is 1. The number of carbonyl (C=O) groups is 1. The van der Waals surface area contributed by atoms with Crippen LogP contribution in [0.4, 0.5) is 5.69 Å². The molecule has 0 aromatic carbocycles. The van der Waals surface area contributed by atoms with Crippen LogP contribution in [0, 0.1) is 0 Å². The van der Waals surface area contributed by atoms with Gasteiger partial charge in [0.2, 0.25) is 5.91 Å². The number of halogens is 1. The Labute approximate surface area is 92.6 Å². The molecule has 0 saturated carbocycles. The molecule has 15 heavy (non-hydrogen) atoms. The van der Waals surface area contributed by atoms with E-state index in [-0.39, 0.29) is 12.5 Å². The minimum atomic E-state index is -0.716. The molecule has 1 rings (SSSR count). The first-order chi connectivity index (χ1) is 7.15. The molecule has 0 radical (unpaired) electrons. The highest BCUT2D eigenvalue weighted by atomic mass is 35.5. The highest BCUT2D eigenvalue weighted by Gasteiger charge is 2.14. The van der Waals surface area contributed by atoms with Crippen molar-refractivity contribution in [2.75, 3.05) is 19.0 Å². The summed E-state index contributed by atoms with van der Waals surface area (Å²) in [6.07, 6.45) is 2.99. The van der Waals surface area contributed by atoms with E-state index in [2.05, 4.69) is 10.3 Å². The van der Waals surface area contributed by atoms with Gasteiger partial charge in [0.15, 0.2) is 0 Å². The Balaban J connectivity index is 2.62. The average molecular weight is 230 g/mol. The van der Waals surface area contributed by atoms with Crippen LogP contribution in [0.25, 0.3) is 0 Å². The number of nitrogens with one attached hydrogen (secondary N) is 1. The molecule has 1 heterocycles. The van der Waals surface area contributed by atoms with Gasteiger partial charge in [-0.05, 0) is 6.07 Å². The summed E-state index contributed by atoms with van der Waals surface area (Å²) in [7, 11) is 1.48. The van der Waals surface area contributed by atoms with Crippen molar-refractivity contribution in [2.45, 2.75) is 6.04 Å². The zero-order chi connectivity index (χ0) is 11.3. The Kier molecular flexibility index (Phi) is 4.48. The van der Waals surface area contributed by atoms with Crippen molar-refractivity contribution in [2.24, 2.45) is 5.73 Å². The number of hydrogen-bond acceptors (Lipinski definition) is 4. The summed E-state index contributed by atoms with van der Waals surface area (Å²) < 4.78 is 4.76. The van der Waals surface area contributed by atoms with Gasteiger partial charge in [-0.1, -0.05) is 11.6 Å². The zero-order valence-electron chi connectivity index (χ0n) is 8.24. The molecule has 6 heteroatoms. The number of aromatic nitrogens is 1. The van der Waals surface area contributed by atoms with E-state index in [1.807, 2.05) is 0 Å². The van der Waals surface area contributed by atoms with Crippen molar-refractivity contribution in [3.05, 3.63) is 23.5 Å². The third-order valence-corrected chi connectivity index (χ3v) is 2.04. The van der Waals surface area contributed by atoms with Crippen molar-refractivity contribution in [3.8, 4) is 0 Å². The first kappa shape index (κ1) is 11.9. The van der Waals surface area contributed by atoms with Crippen molar-refractivity contribution in [1.29, 1.82) is 0 Å². The molecule has 0 aliphatic heterocycles. The van der Waals surface area contributed by atoms with Crippen LogP contribution in [0.1, 0.15) is 0 Å². The van der Waals surface area contributed by atoms with Gasteiger partial charge in [-0.25, -0.2) is 0 Å². The topological polar surface area (TPSA) is 77.2 Å².